The molecule has 78 valence electrons. The van der Waals surface area contributed by atoms with Gasteiger partial charge in [0.2, 0.25) is 0 Å². The third-order valence-electron chi connectivity index (χ3n) is 2.61. The first-order valence-electron chi connectivity index (χ1n) is 4.80. The number of carbonyl (C=O) groups is 1. The lowest BCUT2D eigenvalue weighted by Crippen LogP contribution is -2.01. The molecule has 3 heteroatoms. The maximum atomic E-state index is 11.4. The average molecular weight is 203 g/mol. The van der Waals surface area contributed by atoms with Crippen molar-refractivity contribution in [3.05, 3.63) is 35.0 Å². The molecular weight excluding hydrogens is 190 g/mol. The second-order valence-corrected chi connectivity index (χ2v) is 3.68. The van der Waals surface area contributed by atoms with E-state index in [0.29, 0.717) is 5.56 Å². The molecule has 2 rings (SSSR count). The molecule has 0 saturated heterocycles. The number of fused-ring (bicyclic) bond motifs is 1. The van der Waals surface area contributed by atoms with E-state index >= 15 is 0 Å². The fraction of sp³-hybridized carbons (Fsp3) is 0.250. The molecule has 0 saturated carbocycles. The van der Waals surface area contributed by atoms with Crippen LogP contribution in [0, 0.1) is 13.8 Å². The van der Waals surface area contributed by atoms with Crippen molar-refractivity contribution in [2.45, 2.75) is 13.8 Å². The minimum Gasteiger partial charge on any atom is -0.465 e. The van der Waals surface area contributed by atoms with Gasteiger partial charge in [0.1, 0.15) is 0 Å². The number of aromatic nitrogens is 1. The van der Waals surface area contributed by atoms with Gasteiger partial charge in [0.15, 0.2) is 0 Å². The second kappa shape index (κ2) is 3.42. The summed E-state index contributed by atoms with van der Waals surface area (Å²) in [5.74, 6) is -0.291. The quantitative estimate of drug-likeness (QED) is 0.724. The summed E-state index contributed by atoms with van der Waals surface area (Å²) in [4.78, 5) is 14.6. The first kappa shape index (κ1) is 9.77. The maximum Gasteiger partial charge on any atom is 0.337 e. The molecule has 0 spiro atoms. The molecule has 0 aliphatic heterocycles. The van der Waals surface area contributed by atoms with E-state index in [1.165, 1.54) is 7.11 Å². The van der Waals surface area contributed by atoms with Gasteiger partial charge < -0.3 is 9.72 Å². The summed E-state index contributed by atoms with van der Waals surface area (Å²) in [5, 5.41) is 1.08. The van der Waals surface area contributed by atoms with Gasteiger partial charge in [0.25, 0.3) is 0 Å². The van der Waals surface area contributed by atoms with E-state index in [2.05, 4.69) is 4.98 Å². The number of carbonyl (C=O) groups excluding carboxylic acids is 1. The molecule has 0 amide bonds. The molecule has 1 aromatic carbocycles. The number of ether oxygens (including phenoxy) is 1. The Labute approximate surface area is 88.1 Å². The van der Waals surface area contributed by atoms with E-state index in [-0.39, 0.29) is 5.97 Å². The molecular formula is C12H13NO2. The fourth-order valence-corrected chi connectivity index (χ4v) is 1.78. The summed E-state index contributed by atoms with van der Waals surface area (Å²) in [6.07, 6.45) is 1.94. The number of hydrogen-bond acceptors (Lipinski definition) is 2. The Bertz CT molecular complexity index is 526. The smallest absolute Gasteiger partial charge is 0.337 e. The Morgan fingerprint density at radius 1 is 1.27 bits per heavy atom. The number of hydrogen-bond donors (Lipinski definition) is 1. The maximum absolute atomic E-state index is 11.4. The van der Waals surface area contributed by atoms with E-state index in [1.807, 2.05) is 32.2 Å². The normalized spacial score (nSPS) is 10.6. The van der Waals surface area contributed by atoms with E-state index in [4.69, 9.17) is 4.74 Å². The van der Waals surface area contributed by atoms with Crippen molar-refractivity contribution in [2.75, 3.05) is 7.11 Å². The van der Waals surface area contributed by atoms with Crippen LogP contribution in [0.1, 0.15) is 21.5 Å². The third kappa shape index (κ3) is 1.50. The van der Waals surface area contributed by atoms with Crippen molar-refractivity contribution < 1.29 is 9.53 Å². The number of aryl methyl sites for hydroxylation is 2. The van der Waals surface area contributed by atoms with Crippen molar-refractivity contribution in [2.24, 2.45) is 0 Å². The van der Waals surface area contributed by atoms with Crippen molar-refractivity contribution in [3.8, 4) is 0 Å². The lowest BCUT2D eigenvalue weighted by molar-refractivity contribution is 0.0601. The molecule has 0 atom stereocenters. The van der Waals surface area contributed by atoms with Crippen molar-refractivity contribution in [1.82, 2.24) is 4.98 Å². The SMILES string of the molecule is COC(=O)c1cc(C)c2[nH]cc(C)c2c1. The van der Waals surface area contributed by atoms with E-state index < -0.39 is 0 Å². The van der Waals surface area contributed by atoms with Crippen LogP contribution in [0.2, 0.25) is 0 Å². The highest BCUT2D eigenvalue weighted by molar-refractivity contribution is 5.96. The Morgan fingerprint density at radius 3 is 2.67 bits per heavy atom. The van der Waals surface area contributed by atoms with Gasteiger partial charge in [-0.15, -0.1) is 0 Å². The molecule has 0 aliphatic carbocycles. The molecule has 0 fully saturated rings. The monoisotopic (exact) mass is 203 g/mol. The van der Waals surface area contributed by atoms with Gasteiger partial charge in [-0.2, -0.15) is 0 Å². The van der Waals surface area contributed by atoms with Crippen LogP contribution >= 0.6 is 0 Å². The Hall–Kier alpha value is -1.77. The molecule has 15 heavy (non-hydrogen) atoms. The van der Waals surface area contributed by atoms with Gasteiger partial charge in [0, 0.05) is 17.1 Å². The molecule has 3 nitrogen and oxygen atoms in total. The van der Waals surface area contributed by atoms with Gasteiger partial charge in [-0.3, -0.25) is 0 Å². The number of aromatic amines is 1. The molecule has 0 radical (unpaired) electrons. The summed E-state index contributed by atoms with van der Waals surface area (Å²) >= 11 is 0. The van der Waals surface area contributed by atoms with Crippen LogP contribution < -0.4 is 0 Å². The first-order chi connectivity index (χ1) is 7.13. The average Bonchev–Trinajstić information content (AvgIpc) is 2.60. The lowest BCUT2D eigenvalue weighted by Gasteiger charge is -2.02. The number of esters is 1. The van der Waals surface area contributed by atoms with Gasteiger partial charge >= 0.3 is 5.97 Å². The zero-order valence-corrected chi connectivity index (χ0v) is 9.05. The Kier molecular flexibility index (Phi) is 2.23. The largest absolute Gasteiger partial charge is 0.465 e. The fourth-order valence-electron chi connectivity index (χ4n) is 1.78. The number of H-pyrrole nitrogens is 1. The van der Waals surface area contributed by atoms with Crippen LogP contribution in [0.25, 0.3) is 10.9 Å². The first-order valence-corrected chi connectivity index (χ1v) is 4.80. The Balaban J connectivity index is 2.70. The summed E-state index contributed by atoms with van der Waals surface area (Å²) in [6, 6.07) is 3.70. The van der Waals surface area contributed by atoms with Gasteiger partial charge in [-0.1, -0.05) is 0 Å². The zero-order chi connectivity index (χ0) is 11.0. The van der Waals surface area contributed by atoms with Crippen LogP contribution in [-0.2, 0) is 4.74 Å². The minimum atomic E-state index is -0.291. The predicted molar refractivity (Wildman–Crippen MR) is 59.1 cm³/mol. The Morgan fingerprint density at radius 2 is 2.00 bits per heavy atom. The predicted octanol–water partition coefficient (Wildman–Crippen LogP) is 2.57. The summed E-state index contributed by atoms with van der Waals surface area (Å²) in [7, 11) is 1.39. The van der Waals surface area contributed by atoms with Crippen LogP contribution in [0.5, 0.6) is 0 Å². The van der Waals surface area contributed by atoms with Crippen molar-refractivity contribution >= 4 is 16.9 Å². The molecule has 1 aromatic heterocycles. The highest BCUT2D eigenvalue weighted by Gasteiger charge is 2.10. The molecule has 0 unspecified atom stereocenters. The van der Waals surface area contributed by atoms with E-state index in [0.717, 1.165) is 22.0 Å². The van der Waals surface area contributed by atoms with Gasteiger partial charge in [0.05, 0.1) is 12.7 Å². The van der Waals surface area contributed by atoms with Crippen LogP contribution in [0.15, 0.2) is 18.3 Å². The highest BCUT2D eigenvalue weighted by atomic mass is 16.5. The summed E-state index contributed by atoms with van der Waals surface area (Å²) in [6.45, 7) is 3.99. The molecule has 0 bridgehead atoms. The summed E-state index contributed by atoms with van der Waals surface area (Å²) < 4.78 is 4.71. The summed E-state index contributed by atoms with van der Waals surface area (Å²) in [5.41, 5.74) is 3.88. The van der Waals surface area contributed by atoms with Gasteiger partial charge in [-0.05, 0) is 37.1 Å². The minimum absolute atomic E-state index is 0.291. The van der Waals surface area contributed by atoms with E-state index in [9.17, 15) is 4.79 Å². The molecule has 1 N–H and O–H groups in total. The standard InChI is InChI=1S/C12H13NO2/c1-7-4-9(12(14)15-3)5-10-8(2)6-13-11(7)10/h4-6,13H,1-3H3. The van der Waals surface area contributed by atoms with Gasteiger partial charge in [-0.25, -0.2) is 4.79 Å². The van der Waals surface area contributed by atoms with Crippen LogP contribution in [0.4, 0.5) is 0 Å². The van der Waals surface area contributed by atoms with Crippen molar-refractivity contribution in [3.63, 3.8) is 0 Å². The number of methoxy groups -OCH3 is 1. The van der Waals surface area contributed by atoms with Crippen LogP contribution in [0.3, 0.4) is 0 Å². The number of nitrogens with one attached hydrogen (secondary N) is 1. The third-order valence-corrected chi connectivity index (χ3v) is 2.61. The molecule has 0 aliphatic rings. The van der Waals surface area contributed by atoms with Crippen molar-refractivity contribution in [1.29, 1.82) is 0 Å². The van der Waals surface area contributed by atoms with Crippen LogP contribution in [-0.4, -0.2) is 18.1 Å². The second-order valence-electron chi connectivity index (χ2n) is 3.68. The zero-order valence-electron chi connectivity index (χ0n) is 9.05. The highest BCUT2D eigenvalue weighted by Crippen LogP contribution is 2.23. The van der Waals surface area contributed by atoms with E-state index in [1.54, 1.807) is 0 Å². The molecule has 1 heterocycles. The number of benzene rings is 1. The number of rotatable bonds is 1. The topological polar surface area (TPSA) is 42.1 Å². The lowest BCUT2D eigenvalue weighted by atomic mass is 10.1. The molecule has 2 aromatic rings.